The zero-order valence-electron chi connectivity index (χ0n) is 32.2. The SMILES string of the molecule is Cc1ccc(N(c2cccc[c]2[Pb])c2cc3ccc4c(C#N)c(N(c5ccc(C)cc5C)c5ccccc5-c5ccccc5)cc5ccc(c2C#N)c3c54)c(C)c1. The van der Waals surface area contributed by atoms with Gasteiger partial charge in [-0.3, -0.25) is 0 Å². The molecule has 5 heteroatoms. The maximum absolute atomic E-state index is 11.2. The second-order valence-corrected chi connectivity index (χ2v) is 16.9. The van der Waals surface area contributed by atoms with E-state index in [0.29, 0.717) is 11.1 Å². The fourth-order valence-electron chi connectivity index (χ4n) is 8.60. The molecule has 0 aromatic heterocycles. The van der Waals surface area contributed by atoms with Crippen LogP contribution in [-0.4, -0.2) is 25.8 Å². The van der Waals surface area contributed by atoms with Crippen molar-refractivity contribution in [2.75, 3.05) is 9.80 Å². The molecule has 269 valence electrons. The summed E-state index contributed by atoms with van der Waals surface area (Å²) in [4.78, 5) is 4.53. The number of nitriles is 2. The van der Waals surface area contributed by atoms with Crippen LogP contribution in [0.2, 0.25) is 0 Å². The van der Waals surface area contributed by atoms with Crippen LogP contribution in [0, 0.1) is 50.4 Å². The topological polar surface area (TPSA) is 54.1 Å². The maximum atomic E-state index is 11.2. The molecular weight excluding hydrogens is 888 g/mol. The molecule has 4 nitrogen and oxygen atoms in total. The second kappa shape index (κ2) is 14.5. The Kier molecular flexibility index (Phi) is 9.23. The summed E-state index contributed by atoms with van der Waals surface area (Å²) < 4.78 is 1.25. The van der Waals surface area contributed by atoms with E-state index in [2.05, 4.69) is 195 Å². The molecule has 57 heavy (non-hydrogen) atoms. The summed E-state index contributed by atoms with van der Waals surface area (Å²) in [5, 5.41) is 28.0. The third-order valence-corrected chi connectivity index (χ3v) is 12.8. The molecule has 0 heterocycles. The normalized spacial score (nSPS) is 11.2. The Morgan fingerprint density at radius 2 is 0.912 bits per heavy atom. The van der Waals surface area contributed by atoms with Gasteiger partial charge in [0.25, 0.3) is 0 Å². The first-order chi connectivity index (χ1) is 27.8. The molecule has 0 N–H and O–H groups in total. The molecule has 0 saturated carbocycles. The fraction of sp³-hybridized carbons (Fsp3) is 0.0769. The first-order valence-corrected chi connectivity index (χ1v) is 21.0. The van der Waals surface area contributed by atoms with Gasteiger partial charge in [0.1, 0.15) is 0 Å². The number of aryl methyl sites for hydroxylation is 4. The summed E-state index contributed by atoms with van der Waals surface area (Å²) in [6.45, 7) is 8.50. The Balaban J connectivity index is 1.33. The van der Waals surface area contributed by atoms with Gasteiger partial charge in [-0.05, 0) is 37.1 Å². The molecule has 0 aliphatic rings. The van der Waals surface area contributed by atoms with E-state index in [1.807, 2.05) is 6.07 Å². The Bertz CT molecular complexity index is 3120. The van der Waals surface area contributed by atoms with Gasteiger partial charge in [-0.2, -0.15) is 0 Å². The number of hydrogen-bond donors (Lipinski definition) is 0. The van der Waals surface area contributed by atoms with Gasteiger partial charge < -0.3 is 0 Å². The first kappa shape index (κ1) is 36.2. The molecule has 0 amide bonds. The van der Waals surface area contributed by atoms with Gasteiger partial charge in [0.15, 0.2) is 0 Å². The van der Waals surface area contributed by atoms with Crippen LogP contribution >= 0.6 is 0 Å². The third kappa shape index (κ3) is 6.09. The van der Waals surface area contributed by atoms with Gasteiger partial charge in [-0.15, -0.1) is 0 Å². The molecular formula is C52H37N4Pb. The molecule has 0 atom stereocenters. The van der Waals surface area contributed by atoms with E-state index in [1.165, 1.54) is 14.2 Å². The predicted molar refractivity (Wildman–Crippen MR) is 239 cm³/mol. The van der Waals surface area contributed by atoms with Crippen molar-refractivity contribution < 1.29 is 0 Å². The summed E-state index contributed by atoms with van der Waals surface area (Å²) in [6, 6.07) is 58.5. The predicted octanol–water partition coefficient (Wildman–Crippen LogP) is 13.0. The van der Waals surface area contributed by atoms with Crippen LogP contribution in [0.15, 0.2) is 152 Å². The van der Waals surface area contributed by atoms with E-state index < -0.39 is 0 Å². The molecule has 0 spiro atoms. The first-order valence-electron chi connectivity index (χ1n) is 19.1. The van der Waals surface area contributed by atoms with Gasteiger partial charge >= 0.3 is 231 Å². The quantitative estimate of drug-likeness (QED) is 0.118. The summed E-state index contributed by atoms with van der Waals surface area (Å²) in [7, 11) is 0. The number of rotatable bonds is 7. The van der Waals surface area contributed by atoms with Crippen molar-refractivity contribution in [1.29, 1.82) is 10.5 Å². The van der Waals surface area contributed by atoms with Gasteiger partial charge in [0.2, 0.25) is 0 Å². The molecule has 3 radical (unpaired) electrons. The third-order valence-electron chi connectivity index (χ3n) is 11.1. The van der Waals surface area contributed by atoms with Crippen LogP contribution in [0.5, 0.6) is 0 Å². The van der Waals surface area contributed by atoms with Gasteiger partial charge in [-0.1, -0.05) is 66.2 Å². The molecule has 0 unspecified atom stereocenters. The van der Waals surface area contributed by atoms with Crippen LogP contribution in [0.3, 0.4) is 0 Å². The monoisotopic (exact) mass is 925 g/mol. The van der Waals surface area contributed by atoms with Crippen molar-refractivity contribution in [1.82, 2.24) is 0 Å². The minimum atomic E-state index is 0.587. The number of benzene rings is 9. The van der Waals surface area contributed by atoms with Crippen molar-refractivity contribution >= 4 is 95.3 Å². The Morgan fingerprint density at radius 3 is 1.42 bits per heavy atom. The van der Waals surface area contributed by atoms with E-state index in [9.17, 15) is 10.5 Å². The summed E-state index contributed by atoms with van der Waals surface area (Å²) >= 11 is 0.848. The number of para-hydroxylation sites is 2. The van der Waals surface area contributed by atoms with Crippen molar-refractivity contribution in [2.24, 2.45) is 0 Å². The van der Waals surface area contributed by atoms with Crippen LogP contribution < -0.4 is 12.9 Å². The van der Waals surface area contributed by atoms with Crippen molar-refractivity contribution in [3.8, 4) is 23.3 Å². The van der Waals surface area contributed by atoms with Crippen molar-refractivity contribution in [2.45, 2.75) is 27.7 Å². The summed E-state index contributed by atoms with van der Waals surface area (Å²) in [5.41, 5.74) is 13.8. The van der Waals surface area contributed by atoms with Gasteiger partial charge in [0, 0.05) is 11.3 Å². The molecule has 0 bridgehead atoms. The van der Waals surface area contributed by atoms with Crippen molar-refractivity contribution in [3.63, 3.8) is 0 Å². The Labute approximate surface area is 349 Å². The van der Waals surface area contributed by atoms with Crippen molar-refractivity contribution in [3.05, 3.63) is 185 Å². The molecule has 0 fully saturated rings. The van der Waals surface area contributed by atoms with E-state index in [0.717, 1.165) is 114 Å². The van der Waals surface area contributed by atoms with E-state index in [1.54, 1.807) is 0 Å². The average Bonchev–Trinajstić information content (AvgIpc) is 3.22. The molecule has 9 aromatic carbocycles. The standard InChI is InChI=1S/C52H37N4.Pb/c1-33-19-25-46(35(3)27-33)55(40-15-9-6-10-16-40)49-29-38-21-24-43-45(32-54)50(30-39-22-23-42(44(49)31-53)51(38)52(39)43)56(47-26-20-34(2)28-36(47)4)48-18-12-11-17-41(48)37-13-7-5-8-14-37;/h5-15,17-30H,1-4H3;. The van der Waals surface area contributed by atoms with Crippen LogP contribution in [0.4, 0.5) is 34.1 Å². The summed E-state index contributed by atoms with van der Waals surface area (Å²) in [6.07, 6.45) is 0. The van der Waals surface area contributed by atoms with Crippen LogP contribution in [0.1, 0.15) is 33.4 Å². The second-order valence-electron chi connectivity index (χ2n) is 14.8. The molecule has 9 aromatic rings. The Morgan fingerprint density at radius 1 is 0.439 bits per heavy atom. The van der Waals surface area contributed by atoms with E-state index in [4.69, 9.17) is 0 Å². The molecule has 0 aliphatic carbocycles. The number of anilines is 6. The fourth-order valence-corrected chi connectivity index (χ4v) is 9.73. The van der Waals surface area contributed by atoms with Crippen LogP contribution in [-0.2, 0) is 0 Å². The minimum absolute atomic E-state index is 0.587. The molecule has 0 aliphatic heterocycles. The number of hydrogen-bond acceptors (Lipinski definition) is 4. The zero-order valence-corrected chi connectivity index (χ0v) is 36.1. The average molecular weight is 925 g/mol. The van der Waals surface area contributed by atoms with Gasteiger partial charge in [0.05, 0.1) is 5.69 Å². The van der Waals surface area contributed by atoms with Crippen LogP contribution in [0.25, 0.3) is 43.4 Å². The van der Waals surface area contributed by atoms with Gasteiger partial charge in [-0.25, -0.2) is 0 Å². The molecule has 0 saturated heterocycles. The molecule has 9 rings (SSSR count). The van der Waals surface area contributed by atoms with E-state index in [-0.39, 0.29) is 0 Å². The number of nitrogens with zero attached hydrogens (tertiary/aromatic N) is 4. The summed E-state index contributed by atoms with van der Waals surface area (Å²) in [5.74, 6) is 0. The zero-order chi connectivity index (χ0) is 39.4. The Hall–Kier alpha value is -6.48. The van der Waals surface area contributed by atoms with E-state index >= 15 is 0 Å².